The van der Waals surface area contributed by atoms with Crippen LogP contribution in [0.2, 0.25) is 0 Å². The second-order valence-electron chi connectivity index (χ2n) is 14.5. The molecule has 0 heterocycles. The highest BCUT2D eigenvalue weighted by atomic mass is 16.4. The van der Waals surface area contributed by atoms with E-state index in [1.54, 1.807) is 0 Å². The Balaban J connectivity index is 1.56. The maximum absolute atomic E-state index is 10.9. The first kappa shape index (κ1) is 23.9. The molecule has 0 saturated heterocycles. The number of aliphatic hydroxyl groups excluding tert-OH is 1. The van der Waals surface area contributed by atoms with Gasteiger partial charge in [0, 0.05) is 5.41 Å². The number of allylic oxidation sites excluding steroid dienone is 1. The van der Waals surface area contributed by atoms with Crippen LogP contribution in [0.1, 0.15) is 106 Å². The van der Waals surface area contributed by atoms with E-state index in [4.69, 9.17) is 0 Å². The second-order valence-corrected chi connectivity index (χ2v) is 14.5. The van der Waals surface area contributed by atoms with Crippen molar-refractivity contribution >= 4 is 6.21 Å². The number of rotatable bonds is 2. The van der Waals surface area contributed by atoms with Crippen molar-refractivity contribution in [1.29, 1.82) is 0 Å². The first-order valence-electron chi connectivity index (χ1n) is 13.9. The highest BCUT2D eigenvalue weighted by Crippen LogP contribution is 2.77. The van der Waals surface area contributed by atoms with Crippen molar-refractivity contribution in [2.45, 2.75) is 112 Å². The van der Waals surface area contributed by atoms with Crippen molar-refractivity contribution in [3.8, 4) is 0 Å². The zero-order valence-corrected chi connectivity index (χ0v) is 22.2. The van der Waals surface area contributed by atoms with Gasteiger partial charge in [-0.2, -0.15) is 0 Å². The Morgan fingerprint density at radius 3 is 2.24 bits per heavy atom. The summed E-state index contributed by atoms with van der Waals surface area (Å²) in [4.78, 5) is 0. The van der Waals surface area contributed by atoms with E-state index >= 15 is 0 Å². The van der Waals surface area contributed by atoms with E-state index in [2.05, 4.69) is 53.3 Å². The predicted molar refractivity (Wildman–Crippen MR) is 135 cm³/mol. The molecule has 186 valence electrons. The molecule has 0 aromatic heterocycles. The number of fused-ring (bicyclic) bond motifs is 7. The van der Waals surface area contributed by atoms with Gasteiger partial charge in [0.05, 0.1) is 12.3 Å². The first-order valence-corrected chi connectivity index (χ1v) is 13.9. The van der Waals surface area contributed by atoms with Gasteiger partial charge in [-0.3, -0.25) is 0 Å². The van der Waals surface area contributed by atoms with Gasteiger partial charge >= 0.3 is 0 Å². The van der Waals surface area contributed by atoms with E-state index in [1.165, 1.54) is 50.5 Å². The largest absolute Gasteiger partial charge is 0.411 e. The number of hydrogen-bond donors (Lipinski definition) is 2. The lowest BCUT2D eigenvalue weighted by Crippen LogP contribution is -2.66. The standard InChI is InChI=1S/C30H49NO2/c1-19(2)20-10-15-30(18-31-33)17-16-28(6)21(25(20)30)8-9-23-27(5)13-12-24(32)26(3,4)22(27)11-14-29(23,28)7/h18,20-25,32-33H,1,8-17H2,2-7H3/b31-18-/t20-,21+,22-,23+,24-,25-,27-,28+,29+,30+/m0/s1. The fourth-order valence-corrected chi connectivity index (χ4v) is 11.5. The SMILES string of the molecule is C=C(C)[C@@H]1CC[C@]2(/C=N\O)CC[C@]3(C)[C@H](CC[C@@H]4[C@@]5(C)CC[C@H](O)C(C)(C)[C@@H]5CC[C@]43C)[C@H]12. The Morgan fingerprint density at radius 2 is 1.58 bits per heavy atom. The van der Waals surface area contributed by atoms with Crippen molar-refractivity contribution in [3.63, 3.8) is 0 Å². The molecule has 0 aliphatic heterocycles. The summed E-state index contributed by atoms with van der Waals surface area (Å²) in [7, 11) is 0. The summed E-state index contributed by atoms with van der Waals surface area (Å²) >= 11 is 0. The molecule has 0 aromatic rings. The molecular formula is C30H49NO2. The Hall–Kier alpha value is -0.830. The van der Waals surface area contributed by atoms with Gasteiger partial charge in [0.15, 0.2) is 0 Å². The van der Waals surface area contributed by atoms with Crippen molar-refractivity contribution in [3.05, 3.63) is 12.2 Å². The molecule has 0 spiro atoms. The van der Waals surface area contributed by atoms with Gasteiger partial charge in [0.1, 0.15) is 0 Å². The van der Waals surface area contributed by atoms with Gasteiger partial charge in [0.25, 0.3) is 0 Å². The van der Waals surface area contributed by atoms with E-state index in [1.807, 2.05) is 6.21 Å². The molecule has 0 bridgehead atoms. The van der Waals surface area contributed by atoms with Crippen LogP contribution in [0.5, 0.6) is 0 Å². The lowest BCUT2D eigenvalue weighted by Gasteiger charge is -2.72. The molecule has 2 N–H and O–H groups in total. The lowest BCUT2D eigenvalue weighted by molar-refractivity contribution is -0.243. The second kappa shape index (κ2) is 7.34. The zero-order valence-electron chi connectivity index (χ0n) is 22.2. The van der Waals surface area contributed by atoms with Gasteiger partial charge in [0.2, 0.25) is 0 Å². The Morgan fingerprint density at radius 1 is 0.848 bits per heavy atom. The molecule has 5 saturated carbocycles. The van der Waals surface area contributed by atoms with E-state index in [9.17, 15) is 10.3 Å². The molecule has 0 radical (unpaired) electrons. The summed E-state index contributed by atoms with van der Waals surface area (Å²) in [6.07, 6.45) is 13.9. The molecule has 5 rings (SSSR count). The summed E-state index contributed by atoms with van der Waals surface area (Å²) in [6, 6.07) is 0. The molecule has 0 aromatic carbocycles. The number of aliphatic hydroxyl groups is 1. The van der Waals surface area contributed by atoms with Gasteiger partial charge in [-0.25, -0.2) is 0 Å². The normalized spacial score (nSPS) is 55.4. The molecular weight excluding hydrogens is 406 g/mol. The van der Waals surface area contributed by atoms with Crippen molar-refractivity contribution < 1.29 is 10.3 Å². The van der Waals surface area contributed by atoms with Gasteiger partial charge in [-0.1, -0.05) is 46.8 Å². The van der Waals surface area contributed by atoms with Crippen LogP contribution in [-0.2, 0) is 0 Å². The van der Waals surface area contributed by atoms with E-state index in [-0.39, 0.29) is 16.9 Å². The maximum Gasteiger partial charge on any atom is 0.0594 e. The van der Waals surface area contributed by atoms with Crippen molar-refractivity contribution in [2.75, 3.05) is 0 Å². The highest BCUT2D eigenvalue weighted by Gasteiger charge is 2.70. The summed E-state index contributed by atoms with van der Waals surface area (Å²) in [5.41, 5.74) is 2.40. The Labute approximate surface area is 202 Å². The predicted octanol–water partition coefficient (Wildman–Crippen LogP) is 7.46. The van der Waals surface area contributed by atoms with Crippen LogP contribution in [-0.4, -0.2) is 22.6 Å². The summed E-state index contributed by atoms with van der Waals surface area (Å²) in [5, 5.41) is 24.2. The minimum absolute atomic E-state index is 0.0158. The average Bonchev–Trinajstić information content (AvgIpc) is 3.12. The van der Waals surface area contributed by atoms with Crippen molar-refractivity contribution in [1.82, 2.24) is 0 Å². The van der Waals surface area contributed by atoms with Crippen molar-refractivity contribution in [2.24, 2.45) is 61.8 Å². The molecule has 10 atom stereocenters. The summed E-state index contributed by atoms with van der Waals surface area (Å²) < 4.78 is 0. The minimum atomic E-state index is -0.158. The molecule has 5 fully saturated rings. The minimum Gasteiger partial charge on any atom is -0.411 e. The topological polar surface area (TPSA) is 52.8 Å². The number of oxime groups is 1. The van der Waals surface area contributed by atoms with Crippen LogP contribution in [0.4, 0.5) is 0 Å². The van der Waals surface area contributed by atoms with Gasteiger partial charge in [-0.15, -0.1) is 5.16 Å². The smallest absolute Gasteiger partial charge is 0.0594 e. The molecule has 3 heteroatoms. The van der Waals surface area contributed by atoms with Crippen LogP contribution in [0, 0.1) is 56.7 Å². The number of hydrogen-bond acceptors (Lipinski definition) is 3. The number of nitrogens with zero attached hydrogens (tertiary/aromatic N) is 1. The van der Waals surface area contributed by atoms with Gasteiger partial charge < -0.3 is 10.3 Å². The molecule has 0 amide bonds. The summed E-state index contributed by atoms with van der Waals surface area (Å²) in [5.74, 6) is 3.16. The van der Waals surface area contributed by atoms with E-state index in [0.29, 0.717) is 39.9 Å². The third-order valence-corrected chi connectivity index (χ3v) is 13.4. The maximum atomic E-state index is 10.9. The fraction of sp³-hybridized carbons (Fsp3) is 0.900. The summed E-state index contributed by atoms with van der Waals surface area (Å²) in [6.45, 7) is 19.3. The third-order valence-electron chi connectivity index (χ3n) is 13.4. The van der Waals surface area contributed by atoms with Crippen LogP contribution in [0.25, 0.3) is 0 Å². The monoisotopic (exact) mass is 455 g/mol. The molecule has 0 unspecified atom stereocenters. The Bertz CT molecular complexity index is 848. The van der Waals surface area contributed by atoms with Crippen LogP contribution < -0.4 is 0 Å². The van der Waals surface area contributed by atoms with Gasteiger partial charge in [-0.05, 0) is 122 Å². The molecule has 3 nitrogen and oxygen atoms in total. The van der Waals surface area contributed by atoms with E-state index < -0.39 is 0 Å². The van der Waals surface area contributed by atoms with Crippen LogP contribution in [0.3, 0.4) is 0 Å². The van der Waals surface area contributed by atoms with Crippen LogP contribution in [0.15, 0.2) is 17.3 Å². The van der Waals surface area contributed by atoms with E-state index in [0.717, 1.165) is 25.2 Å². The Kier molecular flexibility index (Phi) is 5.31. The zero-order chi connectivity index (χ0) is 24.0. The van der Waals surface area contributed by atoms with Crippen LogP contribution >= 0.6 is 0 Å². The average molecular weight is 456 g/mol. The molecule has 33 heavy (non-hydrogen) atoms. The third kappa shape index (κ3) is 2.87. The first-order chi connectivity index (χ1) is 15.4. The molecule has 5 aliphatic rings. The lowest BCUT2D eigenvalue weighted by atomic mass is 9.32. The highest BCUT2D eigenvalue weighted by molar-refractivity contribution is 5.67. The molecule has 5 aliphatic carbocycles. The fourth-order valence-electron chi connectivity index (χ4n) is 11.5. The quantitative estimate of drug-likeness (QED) is 0.196.